The molecule has 6 rings (SSSR count). The number of halogens is 2. The molecule has 0 bridgehead atoms. The van der Waals surface area contributed by atoms with Gasteiger partial charge in [-0.25, -0.2) is 0 Å². The van der Waals surface area contributed by atoms with E-state index in [2.05, 4.69) is 25.7 Å². The third-order valence-electron chi connectivity index (χ3n) is 7.79. The van der Waals surface area contributed by atoms with E-state index < -0.39 is 5.92 Å². The Morgan fingerprint density at radius 1 is 1.12 bits per heavy atom. The van der Waals surface area contributed by atoms with Gasteiger partial charge in [0.05, 0.1) is 12.0 Å². The highest BCUT2D eigenvalue weighted by atomic mass is 35.5. The first-order chi connectivity index (χ1) is 15.9. The van der Waals surface area contributed by atoms with E-state index >= 15 is 0 Å². The quantitative estimate of drug-likeness (QED) is 0.605. The van der Waals surface area contributed by atoms with Gasteiger partial charge in [-0.1, -0.05) is 34.7 Å². The van der Waals surface area contributed by atoms with Crippen LogP contribution in [0.5, 0.6) is 0 Å². The van der Waals surface area contributed by atoms with Gasteiger partial charge in [0, 0.05) is 46.7 Å². The van der Waals surface area contributed by atoms with Crippen LogP contribution in [0.4, 0.5) is 11.7 Å². The van der Waals surface area contributed by atoms with E-state index in [4.69, 9.17) is 27.6 Å². The minimum absolute atomic E-state index is 0.185. The van der Waals surface area contributed by atoms with Crippen molar-refractivity contribution in [1.29, 1.82) is 0 Å². The number of amides is 2. The van der Waals surface area contributed by atoms with E-state index in [1.807, 2.05) is 12.1 Å². The standard InChI is InChI=1S/C23H25Cl2N5O3/c24-16-6-14(7-17(25)19(16)15-2-3-18(31)27-20(15)32)30-10-13(11-30)26-22-29-28-21(33-22)12-8-23(9-12)4-1-5-23/h6-7,12-13,15H,1-5,8-11H2,(H,26,29)(H,27,31,32). The molecule has 1 aromatic heterocycles. The van der Waals surface area contributed by atoms with Gasteiger partial charge >= 0.3 is 6.01 Å². The molecular formula is C23H25Cl2N5O3. The Morgan fingerprint density at radius 2 is 1.85 bits per heavy atom. The highest BCUT2D eigenvalue weighted by Gasteiger charge is 2.50. The fraction of sp³-hybridized carbons (Fsp3) is 0.565. The number of rotatable bonds is 5. The van der Waals surface area contributed by atoms with E-state index in [1.165, 1.54) is 32.1 Å². The molecule has 1 aromatic carbocycles. The molecule has 2 aliphatic heterocycles. The maximum atomic E-state index is 12.2. The molecule has 8 nitrogen and oxygen atoms in total. The number of nitrogens with zero attached hydrogens (tertiary/aromatic N) is 3. The van der Waals surface area contributed by atoms with Crippen molar-refractivity contribution in [2.75, 3.05) is 23.3 Å². The second-order valence-electron chi connectivity index (χ2n) is 9.98. The molecule has 4 fully saturated rings. The number of nitrogens with one attached hydrogen (secondary N) is 2. The summed E-state index contributed by atoms with van der Waals surface area (Å²) >= 11 is 13.0. The van der Waals surface area contributed by atoms with Crippen molar-refractivity contribution < 1.29 is 14.0 Å². The molecule has 2 saturated carbocycles. The molecule has 1 spiro atoms. The Kier molecular flexibility index (Phi) is 5.07. The zero-order chi connectivity index (χ0) is 22.7. The van der Waals surface area contributed by atoms with Crippen LogP contribution in [0.2, 0.25) is 10.0 Å². The number of aromatic nitrogens is 2. The van der Waals surface area contributed by atoms with Gasteiger partial charge in [-0.05, 0) is 49.7 Å². The first-order valence-electron chi connectivity index (χ1n) is 11.6. The Bertz CT molecular complexity index is 1090. The number of carbonyl (C=O) groups is 2. The summed E-state index contributed by atoms with van der Waals surface area (Å²) in [6, 6.07) is 4.33. The highest BCUT2D eigenvalue weighted by Crippen LogP contribution is 2.61. The summed E-state index contributed by atoms with van der Waals surface area (Å²) in [5.41, 5.74) is 2.06. The molecule has 1 unspecified atom stereocenters. The van der Waals surface area contributed by atoms with Crippen LogP contribution in [-0.2, 0) is 9.59 Å². The van der Waals surface area contributed by atoms with Gasteiger partial charge in [0.2, 0.25) is 17.7 Å². The summed E-state index contributed by atoms with van der Waals surface area (Å²) in [7, 11) is 0. The number of imide groups is 1. The smallest absolute Gasteiger partial charge is 0.315 e. The van der Waals surface area contributed by atoms with Crippen molar-refractivity contribution in [1.82, 2.24) is 15.5 Å². The van der Waals surface area contributed by atoms with Gasteiger partial charge < -0.3 is 14.6 Å². The molecule has 10 heteroatoms. The lowest BCUT2D eigenvalue weighted by molar-refractivity contribution is -0.134. The molecular weight excluding hydrogens is 465 g/mol. The third-order valence-corrected chi connectivity index (χ3v) is 8.41. The van der Waals surface area contributed by atoms with Crippen molar-refractivity contribution >= 4 is 46.7 Å². The number of benzene rings is 1. The van der Waals surface area contributed by atoms with Crippen LogP contribution in [0, 0.1) is 5.41 Å². The summed E-state index contributed by atoms with van der Waals surface area (Å²) in [4.78, 5) is 25.8. The topological polar surface area (TPSA) is 100 Å². The summed E-state index contributed by atoms with van der Waals surface area (Å²) < 4.78 is 5.88. The molecule has 174 valence electrons. The van der Waals surface area contributed by atoms with Crippen LogP contribution in [0.25, 0.3) is 0 Å². The fourth-order valence-corrected chi connectivity index (χ4v) is 6.45. The Balaban J connectivity index is 1.06. The molecule has 1 atom stereocenters. The molecule has 33 heavy (non-hydrogen) atoms. The lowest BCUT2D eigenvalue weighted by Gasteiger charge is -2.53. The van der Waals surface area contributed by atoms with E-state index in [0.717, 1.165) is 24.7 Å². The first-order valence-corrected chi connectivity index (χ1v) is 12.3. The van der Waals surface area contributed by atoms with Gasteiger partial charge in [-0.15, -0.1) is 5.10 Å². The lowest BCUT2D eigenvalue weighted by Crippen LogP contribution is -2.55. The Labute approximate surface area is 201 Å². The average molecular weight is 490 g/mol. The summed E-state index contributed by atoms with van der Waals surface area (Å²) in [5.74, 6) is 0.0543. The minimum Gasteiger partial charge on any atom is -0.408 e. The molecule has 2 saturated heterocycles. The van der Waals surface area contributed by atoms with Gasteiger partial charge in [-0.2, -0.15) is 0 Å². The molecule has 2 amide bonds. The van der Waals surface area contributed by atoms with Crippen molar-refractivity contribution in [3.63, 3.8) is 0 Å². The van der Waals surface area contributed by atoms with Crippen LogP contribution >= 0.6 is 23.2 Å². The molecule has 2 aliphatic carbocycles. The van der Waals surface area contributed by atoms with E-state index in [0.29, 0.717) is 39.4 Å². The number of hydrogen-bond acceptors (Lipinski definition) is 7. The molecule has 2 N–H and O–H groups in total. The largest absolute Gasteiger partial charge is 0.408 e. The maximum Gasteiger partial charge on any atom is 0.315 e. The van der Waals surface area contributed by atoms with Gasteiger partial charge in [0.15, 0.2) is 0 Å². The maximum absolute atomic E-state index is 12.2. The summed E-state index contributed by atoms with van der Waals surface area (Å²) in [5, 5.41) is 15.0. The number of anilines is 2. The molecule has 3 heterocycles. The van der Waals surface area contributed by atoms with Gasteiger partial charge in [-0.3, -0.25) is 14.9 Å². The van der Waals surface area contributed by atoms with Crippen LogP contribution < -0.4 is 15.5 Å². The second-order valence-corrected chi connectivity index (χ2v) is 10.8. The van der Waals surface area contributed by atoms with E-state index in [9.17, 15) is 9.59 Å². The Morgan fingerprint density at radius 3 is 2.48 bits per heavy atom. The second kappa shape index (κ2) is 7.87. The lowest BCUT2D eigenvalue weighted by atomic mass is 9.52. The number of carbonyl (C=O) groups excluding carboxylic acids is 2. The SMILES string of the molecule is O=C1CCC(c2c(Cl)cc(N3CC(Nc4nnc(C5CC6(CCC6)C5)o4)C3)cc2Cl)C(=O)N1. The Hall–Kier alpha value is -2.32. The van der Waals surface area contributed by atoms with Crippen molar-refractivity contribution in [2.45, 2.75) is 62.8 Å². The van der Waals surface area contributed by atoms with Crippen molar-refractivity contribution in [2.24, 2.45) is 5.41 Å². The zero-order valence-electron chi connectivity index (χ0n) is 18.1. The van der Waals surface area contributed by atoms with E-state index in [-0.39, 0.29) is 24.3 Å². The van der Waals surface area contributed by atoms with Crippen LogP contribution in [0.15, 0.2) is 16.5 Å². The number of piperidine rings is 1. The van der Waals surface area contributed by atoms with Crippen LogP contribution in [0.3, 0.4) is 0 Å². The van der Waals surface area contributed by atoms with Gasteiger partial charge in [0.1, 0.15) is 0 Å². The third kappa shape index (κ3) is 3.77. The normalized spacial score (nSPS) is 24.8. The summed E-state index contributed by atoms with van der Waals surface area (Å²) in [6.07, 6.45) is 7.12. The fourth-order valence-electron chi connectivity index (χ4n) is 5.71. The van der Waals surface area contributed by atoms with Crippen molar-refractivity contribution in [3.8, 4) is 0 Å². The zero-order valence-corrected chi connectivity index (χ0v) is 19.6. The highest BCUT2D eigenvalue weighted by molar-refractivity contribution is 6.37. The predicted molar refractivity (Wildman–Crippen MR) is 124 cm³/mol. The van der Waals surface area contributed by atoms with Crippen LogP contribution in [-0.4, -0.2) is 41.1 Å². The predicted octanol–water partition coefficient (Wildman–Crippen LogP) is 4.25. The van der Waals surface area contributed by atoms with Crippen LogP contribution in [0.1, 0.15) is 68.2 Å². The minimum atomic E-state index is -0.510. The molecule has 0 radical (unpaired) electrons. The number of hydrogen-bond donors (Lipinski definition) is 2. The van der Waals surface area contributed by atoms with Gasteiger partial charge in [0.25, 0.3) is 0 Å². The molecule has 2 aromatic rings. The average Bonchev–Trinajstić information content (AvgIpc) is 3.11. The first kappa shape index (κ1) is 21.2. The van der Waals surface area contributed by atoms with Crippen molar-refractivity contribution in [3.05, 3.63) is 33.6 Å². The van der Waals surface area contributed by atoms with E-state index in [1.54, 1.807) is 0 Å². The monoisotopic (exact) mass is 489 g/mol. The summed E-state index contributed by atoms with van der Waals surface area (Å²) in [6.45, 7) is 1.49. The molecule has 4 aliphatic rings.